The average Bonchev–Trinajstić information content (AvgIpc) is 2.40. The first-order valence-electron chi connectivity index (χ1n) is 7.25. The molecule has 21 heavy (non-hydrogen) atoms. The van der Waals surface area contributed by atoms with Crippen LogP contribution in [0.4, 0.5) is 8.78 Å². The lowest BCUT2D eigenvalue weighted by Gasteiger charge is -2.21. The second-order valence-corrected chi connectivity index (χ2v) is 5.39. The van der Waals surface area contributed by atoms with Crippen LogP contribution in [-0.4, -0.2) is 6.54 Å². The van der Waals surface area contributed by atoms with Crippen LogP contribution in [0, 0.1) is 25.5 Å². The highest BCUT2D eigenvalue weighted by Crippen LogP contribution is 2.24. The number of nitrogens with one attached hydrogen (secondary N) is 1. The van der Waals surface area contributed by atoms with Crippen molar-refractivity contribution in [2.75, 3.05) is 6.54 Å². The van der Waals surface area contributed by atoms with Crippen molar-refractivity contribution in [2.45, 2.75) is 33.2 Å². The molecule has 1 unspecified atom stereocenters. The van der Waals surface area contributed by atoms with Crippen LogP contribution in [0.15, 0.2) is 36.4 Å². The van der Waals surface area contributed by atoms with Gasteiger partial charge in [-0.2, -0.15) is 0 Å². The fourth-order valence-electron chi connectivity index (χ4n) is 2.71. The molecule has 0 fully saturated rings. The first kappa shape index (κ1) is 15.6. The van der Waals surface area contributed by atoms with Crippen molar-refractivity contribution in [3.63, 3.8) is 0 Å². The summed E-state index contributed by atoms with van der Waals surface area (Å²) in [5, 5.41) is 3.32. The van der Waals surface area contributed by atoms with E-state index in [0.717, 1.165) is 19.0 Å². The van der Waals surface area contributed by atoms with Gasteiger partial charge in [-0.05, 0) is 61.2 Å². The van der Waals surface area contributed by atoms with E-state index < -0.39 is 11.6 Å². The lowest BCUT2D eigenvalue weighted by molar-refractivity contribution is 0.528. The summed E-state index contributed by atoms with van der Waals surface area (Å²) in [6.45, 7) is 6.87. The lowest BCUT2D eigenvalue weighted by Crippen LogP contribution is -2.24. The number of aryl methyl sites for hydroxylation is 2. The SMILES string of the molecule is CCNC(Cc1c(C)cccc1C)c1cc(F)cc(F)c1. The molecule has 2 rings (SSSR count). The van der Waals surface area contributed by atoms with Crippen LogP contribution >= 0.6 is 0 Å². The van der Waals surface area contributed by atoms with E-state index in [1.54, 1.807) is 0 Å². The zero-order valence-corrected chi connectivity index (χ0v) is 12.7. The average molecular weight is 289 g/mol. The van der Waals surface area contributed by atoms with Crippen molar-refractivity contribution in [1.29, 1.82) is 0 Å². The summed E-state index contributed by atoms with van der Waals surface area (Å²) in [6, 6.07) is 9.78. The Balaban J connectivity index is 2.35. The molecule has 0 amide bonds. The zero-order valence-electron chi connectivity index (χ0n) is 12.7. The fourth-order valence-corrected chi connectivity index (χ4v) is 2.71. The minimum atomic E-state index is -0.533. The van der Waals surface area contributed by atoms with E-state index in [1.807, 2.05) is 13.0 Å². The maximum Gasteiger partial charge on any atom is 0.126 e. The predicted molar refractivity (Wildman–Crippen MR) is 82.4 cm³/mol. The molecule has 0 saturated carbocycles. The highest BCUT2D eigenvalue weighted by molar-refractivity contribution is 5.35. The molecule has 2 aromatic rings. The van der Waals surface area contributed by atoms with E-state index in [-0.39, 0.29) is 6.04 Å². The standard InChI is InChI=1S/C18H21F2N/c1-4-21-18(14-8-15(19)10-16(20)9-14)11-17-12(2)6-5-7-13(17)3/h5-10,18,21H,4,11H2,1-3H3. The van der Waals surface area contributed by atoms with Crippen molar-refractivity contribution in [3.05, 3.63) is 70.3 Å². The van der Waals surface area contributed by atoms with Crippen molar-refractivity contribution in [3.8, 4) is 0 Å². The largest absolute Gasteiger partial charge is 0.310 e. The monoisotopic (exact) mass is 289 g/mol. The molecule has 1 atom stereocenters. The molecular weight excluding hydrogens is 268 g/mol. The Morgan fingerprint density at radius 3 is 2.10 bits per heavy atom. The van der Waals surface area contributed by atoms with Crippen LogP contribution in [0.5, 0.6) is 0 Å². The van der Waals surface area contributed by atoms with Gasteiger partial charge in [0.2, 0.25) is 0 Å². The molecule has 0 saturated heterocycles. The van der Waals surface area contributed by atoms with Gasteiger partial charge in [0.25, 0.3) is 0 Å². The minimum absolute atomic E-state index is 0.0972. The number of benzene rings is 2. The van der Waals surface area contributed by atoms with Gasteiger partial charge in [-0.25, -0.2) is 8.78 Å². The van der Waals surface area contributed by atoms with Gasteiger partial charge in [0.1, 0.15) is 11.6 Å². The number of likely N-dealkylation sites (N-methyl/N-ethyl adjacent to an activating group) is 1. The molecule has 112 valence electrons. The van der Waals surface area contributed by atoms with Gasteiger partial charge in [-0.15, -0.1) is 0 Å². The van der Waals surface area contributed by atoms with E-state index >= 15 is 0 Å². The summed E-state index contributed by atoms with van der Waals surface area (Å²) in [7, 11) is 0. The molecule has 1 nitrogen and oxygen atoms in total. The van der Waals surface area contributed by atoms with E-state index in [9.17, 15) is 8.78 Å². The summed E-state index contributed by atoms with van der Waals surface area (Å²) in [5.74, 6) is -1.07. The molecule has 0 heterocycles. The first-order chi connectivity index (χ1) is 10.0. The van der Waals surface area contributed by atoms with Crippen LogP contribution in [0.25, 0.3) is 0 Å². The Morgan fingerprint density at radius 1 is 1.00 bits per heavy atom. The normalized spacial score (nSPS) is 12.4. The maximum absolute atomic E-state index is 13.5. The molecular formula is C18H21F2N. The van der Waals surface area contributed by atoms with Gasteiger partial charge < -0.3 is 5.32 Å². The third kappa shape index (κ3) is 3.88. The van der Waals surface area contributed by atoms with Gasteiger partial charge in [-0.3, -0.25) is 0 Å². The van der Waals surface area contributed by atoms with Crippen LogP contribution in [-0.2, 0) is 6.42 Å². The van der Waals surface area contributed by atoms with Gasteiger partial charge in [0.15, 0.2) is 0 Å². The summed E-state index contributed by atoms with van der Waals surface area (Å²) in [6.07, 6.45) is 0.718. The van der Waals surface area contributed by atoms with Crippen molar-refractivity contribution in [1.82, 2.24) is 5.32 Å². The molecule has 0 bridgehead atoms. The molecule has 2 aromatic carbocycles. The quantitative estimate of drug-likeness (QED) is 0.856. The van der Waals surface area contributed by atoms with Crippen molar-refractivity contribution >= 4 is 0 Å². The highest BCUT2D eigenvalue weighted by atomic mass is 19.1. The second kappa shape index (κ2) is 6.81. The van der Waals surface area contributed by atoms with E-state index in [1.165, 1.54) is 28.8 Å². The van der Waals surface area contributed by atoms with Crippen LogP contribution < -0.4 is 5.32 Å². The minimum Gasteiger partial charge on any atom is -0.310 e. The second-order valence-electron chi connectivity index (χ2n) is 5.39. The van der Waals surface area contributed by atoms with Crippen LogP contribution in [0.3, 0.4) is 0 Å². The van der Waals surface area contributed by atoms with Crippen LogP contribution in [0.2, 0.25) is 0 Å². The lowest BCUT2D eigenvalue weighted by atomic mass is 9.93. The highest BCUT2D eigenvalue weighted by Gasteiger charge is 2.15. The molecule has 0 aliphatic rings. The third-order valence-electron chi connectivity index (χ3n) is 3.79. The Kier molecular flexibility index (Phi) is 5.07. The molecule has 0 radical (unpaired) electrons. The maximum atomic E-state index is 13.5. The van der Waals surface area contributed by atoms with Gasteiger partial charge >= 0.3 is 0 Å². The summed E-state index contributed by atoms with van der Waals surface area (Å²) in [4.78, 5) is 0. The van der Waals surface area contributed by atoms with Gasteiger partial charge in [-0.1, -0.05) is 25.1 Å². The van der Waals surface area contributed by atoms with Crippen LogP contribution in [0.1, 0.15) is 35.2 Å². The summed E-state index contributed by atoms with van der Waals surface area (Å²) < 4.78 is 26.9. The fraction of sp³-hybridized carbons (Fsp3) is 0.333. The molecule has 3 heteroatoms. The third-order valence-corrected chi connectivity index (χ3v) is 3.79. The smallest absolute Gasteiger partial charge is 0.126 e. The summed E-state index contributed by atoms with van der Waals surface area (Å²) in [5.41, 5.74) is 4.29. The molecule has 0 spiro atoms. The topological polar surface area (TPSA) is 12.0 Å². The van der Waals surface area contributed by atoms with Crippen molar-refractivity contribution < 1.29 is 8.78 Å². The van der Waals surface area contributed by atoms with E-state index in [0.29, 0.717) is 5.56 Å². The molecule has 0 aromatic heterocycles. The first-order valence-corrected chi connectivity index (χ1v) is 7.25. The molecule has 0 aliphatic heterocycles. The Labute approximate surface area is 125 Å². The van der Waals surface area contributed by atoms with Gasteiger partial charge in [0, 0.05) is 12.1 Å². The summed E-state index contributed by atoms with van der Waals surface area (Å²) >= 11 is 0. The number of hydrogen-bond acceptors (Lipinski definition) is 1. The van der Waals surface area contributed by atoms with E-state index in [4.69, 9.17) is 0 Å². The Morgan fingerprint density at radius 2 is 1.57 bits per heavy atom. The Hall–Kier alpha value is -1.74. The predicted octanol–water partition coefficient (Wildman–Crippen LogP) is 4.47. The number of hydrogen-bond donors (Lipinski definition) is 1. The number of halogens is 2. The van der Waals surface area contributed by atoms with Gasteiger partial charge in [0.05, 0.1) is 0 Å². The number of rotatable bonds is 5. The molecule has 1 N–H and O–H groups in total. The Bertz CT molecular complexity index is 582. The zero-order chi connectivity index (χ0) is 15.4. The van der Waals surface area contributed by atoms with Crippen molar-refractivity contribution in [2.24, 2.45) is 0 Å². The molecule has 0 aliphatic carbocycles. The van der Waals surface area contributed by atoms with E-state index in [2.05, 4.69) is 31.3 Å².